The van der Waals surface area contributed by atoms with Crippen molar-refractivity contribution in [2.24, 2.45) is 16.8 Å². The number of oxime groups is 1. The molecule has 0 amide bonds. The Bertz CT molecular complexity index is 456. The van der Waals surface area contributed by atoms with Crippen LogP contribution < -0.4 is 15.8 Å². The van der Waals surface area contributed by atoms with Crippen molar-refractivity contribution >= 4 is 5.84 Å². The largest absolute Gasteiger partial charge is 0.496 e. The molecule has 4 N–H and O–H groups in total. The van der Waals surface area contributed by atoms with E-state index in [0.29, 0.717) is 11.3 Å². The molecule has 1 aromatic carbocycles. The van der Waals surface area contributed by atoms with Gasteiger partial charge in [-0.2, -0.15) is 0 Å². The summed E-state index contributed by atoms with van der Waals surface area (Å²) in [4.78, 5) is 0. The minimum Gasteiger partial charge on any atom is -0.496 e. The quantitative estimate of drug-likeness (QED) is 0.230. The number of nitrogens with zero attached hydrogens (tertiary/aromatic N) is 1. The van der Waals surface area contributed by atoms with Gasteiger partial charge >= 0.3 is 0 Å². The number of nitrogens with one attached hydrogen (secondary N) is 1. The van der Waals surface area contributed by atoms with E-state index in [9.17, 15) is 0 Å². The van der Waals surface area contributed by atoms with Gasteiger partial charge in [0, 0.05) is 6.54 Å². The molecule has 19 heavy (non-hydrogen) atoms. The number of nitrogens with two attached hydrogens (primary N) is 1. The Kier molecular flexibility index (Phi) is 4.63. The van der Waals surface area contributed by atoms with Gasteiger partial charge in [0.25, 0.3) is 0 Å². The van der Waals surface area contributed by atoms with Crippen LogP contribution in [0.5, 0.6) is 5.75 Å². The molecule has 5 nitrogen and oxygen atoms in total. The molecule has 0 radical (unpaired) electrons. The van der Waals surface area contributed by atoms with Crippen molar-refractivity contribution in [3.05, 3.63) is 29.3 Å². The van der Waals surface area contributed by atoms with Crippen molar-refractivity contribution in [1.29, 1.82) is 0 Å². The first-order chi connectivity index (χ1) is 9.24. The van der Waals surface area contributed by atoms with Gasteiger partial charge < -0.3 is 21.0 Å². The summed E-state index contributed by atoms with van der Waals surface area (Å²) in [5.41, 5.74) is 7.35. The van der Waals surface area contributed by atoms with E-state index >= 15 is 0 Å². The summed E-state index contributed by atoms with van der Waals surface area (Å²) in [7, 11) is 1.57. The highest BCUT2D eigenvalue weighted by molar-refractivity contribution is 5.99. The van der Waals surface area contributed by atoms with E-state index in [1.807, 2.05) is 18.2 Å². The van der Waals surface area contributed by atoms with Crippen molar-refractivity contribution in [2.45, 2.75) is 25.8 Å². The van der Waals surface area contributed by atoms with Crippen LogP contribution >= 0.6 is 0 Å². The summed E-state index contributed by atoms with van der Waals surface area (Å²) < 4.78 is 5.20. The van der Waals surface area contributed by atoms with Gasteiger partial charge in [-0.25, -0.2) is 0 Å². The monoisotopic (exact) mass is 263 g/mol. The predicted octanol–water partition coefficient (Wildman–Crippen LogP) is 1.68. The number of amidine groups is 1. The lowest BCUT2D eigenvalue weighted by Crippen LogP contribution is -2.18. The van der Waals surface area contributed by atoms with Gasteiger partial charge in [-0.05, 0) is 36.6 Å². The van der Waals surface area contributed by atoms with Gasteiger partial charge in [-0.15, -0.1) is 0 Å². The predicted molar refractivity (Wildman–Crippen MR) is 74.6 cm³/mol. The Hall–Kier alpha value is -1.75. The topological polar surface area (TPSA) is 79.9 Å². The molecule has 0 aliphatic heterocycles. The van der Waals surface area contributed by atoms with Crippen LogP contribution in [0.3, 0.4) is 0 Å². The Morgan fingerprint density at radius 3 is 2.95 bits per heavy atom. The van der Waals surface area contributed by atoms with Crippen molar-refractivity contribution in [3.8, 4) is 5.75 Å². The molecule has 1 fully saturated rings. The Labute approximate surface area is 113 Å². The fourth-order valence-electron chi connectivity index (χ4n) is 2.06. The van der Waals surface area contributed by atoms with Crippen molar-refractivity contribution in [2.75, 3.05) is 13.7 Å². The lowest BCUT2D eigenvalue weighted by Gasteiger charge is -2.10. The van der Waals surface area contributed by atoms with Gasteiger partial charge in [-0.1, -0.05) is 24.1 Å². The third-order valence-electron chi connectivity index (χ3n) is 3.40. The zero-order valence-electron chi connectivity index (χ0n) is 11.2. The summed E-state index contributed by atoms with van der Waals surface area (Å²) in [5, 5.41) is 15.2. The highest BCUT2D eigenvalue weighted by Gasteiger charge is 2.19. The number of hydrogen-bond donors (Lipinski definition) is 3. The molecule has 0 bridgehead atoms. The van der Waals surface area contributed by atoms with Gasteiger partial charge in [0.05, 0.1) is 12.7 Å². The van der Waals surface area contributed by atoms with Gasteiger partial charge in [0.2, 0.25) is 0 Å². The first-order valence-corrected chi connectivity index (χ1v) is 6.60. The van der Waals surface area contributed by atoms with Gasteiger partial charge in [0.1, 0.15) is 5.75 Å². The van der Waals surface area contributed by atoms with E-state index in [4.69, 9.17) is 15.7 Å². The molecule has 0 atom stereocenters. The first kappa shape index (κ1) is 13.7. The summed E-state index contributed by atoms with van der Waals surface area (Å²) in [6, 6.07) is 5.71. The molecule has 0 saturated heterocycles. The van der Waals surface area contributed by atoms with Crippen LogP contribution in [0.25, 0.3) is 0 Å². The summed E-state index contributed by atoms with van der Waals surface area (Å²) >= 11 is 0. The van der Waals surface area contributed by atoms with E-state index in [0.717, 1.165) is 24.6 Å². The maximum atomic E-state index is 8.77. The molecule has 0 aromatic heterocycles. The summed E-state index contributed by atoms with van der Waals surface area (Å²) in [5.74, 6) is 1.62. The molecule has 0 unspecified atom stereocenters. The maximum absolute atomic E-state index is 8.77. The fraction of sp³-hybridized carbons (Fsp3) is 0.500. The minimum absolute atomic E-state index is 0.0664. The number of hydrogen-bond acceptors (Lipinski definition) is 4. The average molecular weight is 263 g/mol. The van der Waals surface area contributed by atoms with E-state index in [-0.39, 0.29) is 5.84 Å². The zero-order valence-corrected chi connectivity index (χ0v) is 11.2. The molecule has 5 heteroatoms. The number of methoxy groups -OCH3 is 1. The minimum atomic E-state index is 0.0664. The molecule has 1 saturated carbocycles. The SMILES string of the molecule is COc1ccc(CNCCC2CC2)cc1C(N)=NO. The molecular weight excluding hydrogens is 242 g/mol. The zero-order chi connectivity index (χ0) is 13.7. The van der Waals surface area contributed by atoms with E-state index < -0.39 is 0 Å². The first-order valence-electron chi connectivity index (χ1n) is 6.60. The van der Waals surface area contributed by atoms with Crippen LogP contribution in [0, 0.1) is 5.92 Å². The highest BCUT2D eigenvalue weighted by atomic mass is 16.5. The molecule has 0 spiro atoms. The van der Waals surface area contributed by atoms with Crippen LogP contribution in [0.15, 0.2) is 23.4 Å². The second kappa shape index (κ2) is 6.43. The second-order valence-corrected chi connectivity index (χ2v) is 4.93. The van der Waals surface area contributed by atoms with Crippen LogP contribution in [0.2, 0.25) is 0 Å². The van der Waals surface area contributed by atoms with E-state index in [1.54, 1.807) is 7.11 Å². The average Bonchev–Trinajstić information content (AvgIpc) is 3.26. The van der Waals surface area contributed by atoms with Crippen molar-refractivity contribution < 1.29 is 9.94 Å². The van der Waals surface area contributed by atoms with Crippen LogP contribution in [-0.2, 0) is 6.54 Å². The number of rotatable bonds is 7. The van der Waals surface area contributed by atoms with Crippen LogP contribution in [-0.4, -0.2) is 24.7 Å². The van der Waals surface area contributed by atoms with Crippen molar-refractivity contribution in [3.63, 3.8) is 0 Å². The lowest BCUT2D eigenvalue weighted by molar-refractivity contribution is 0.318. The highest BCUT2D eigenvalue weighted by Crippen LogP contribution is 2.31. The third-order valence-corrected chi connectivity index (χ3v) is 3.40. The maximum Gasteiger partial charge on any atom is 0.173 e. The molecule has 2 rings (SSSR count). The Morgan fingerprint density at radius 2 is 2.32 bits per heavy atom. The molecule has 1 aliphatic carbocycles. The van der Waals surface area contributed by atoms with E-state index in [2.05, 4.69) is 10.5 Å². The van der Waals surface area contributed by atoms with Gasteiger partial charge in [-0.3, -0.25) is 0 Å². The molecule has 104 valence electrons. The smallest absolute Gasteiger partial charge is 0.173 e. The molecule has 0 heterocycles. The number of ether oxygens (including phenoxy) is 1. The normalized spacial score (nSPS) is 15.5. The molecule has 1 aliphatic rings. The molecular formula is C14H21N3O2. The van der Waals surface area contributed by atoms with Gasteiger partial charge in [0.15, 0.2) is 5.84 Å². The van der Waals surface area contributed by atoms with Crippen LogP contribution in [0.4, 0.5) is 0 Å². The standard InChI is InChI=1S/C14H21N3O2/c1-19-13-5-4-11(8-12(13)14(15)17-18)9-16-7-6-10-2-3-10/h4-5,8,10,16,18H,2-3,6-7,9H2,1H3,(H2,15,17). The van der Waals surface area contributed by atoms with Crippen molar-refractivity contribution in [1.82, 2.24) is 5.32 Å². The second-order valence-electron chi connectivity index (χ2n) is 4.93. The fourth-order valence-corrected chi connectivity index (χ4v) is 2.06. The third kappa shape index (κ3) is 3.86. The lowest BCUT2D eigenvalue weighted by atomic mass is 10.1. The Morgan fingerprint density at radius 1 is 1.53 bits per heavy atom. The van der Waals surface area contributed by atoms with E-state index in [1.165, 1.54) is 19.3 Å². The summed E-state index contributed by atoms with van der Waals surface area (Å²) in [6.07, 6.45) is 4.03. The molecule has 1 aromatic rings. The Balaban J connectivity index is 1.95. The summed E-state index contributed by atoms with van der Waals surface area (Å²) in [6.45, 7) is 1.82. The van der Waals surface area contributed by atoms with Crippen LogP contribution in [0.1, 0.15) is 30.4 Å². The number of benzene rings is 1.